The van der Waals surface area contributed by atoms with Gasteiger partial charge in [-0.05, 0) is 30.0 Å². The fourth-order valence-corrected chi connectivity index (χ4v) is 1.64. The summed E-state index contributed by atoms with van der Waals surface area (Å²) in [4.78, 5) is 0. The van der Waals surface area contributed by atoms with Crippen LogP contribution in [0.2, 0.25) is 0 Å². The standard InChI is InChI=1S/C13H17F3O/c1-3-4-11-5-6-12(10(2)7-11)8-17-9-13(14,15)16/h5-7H,3-4,8-9H2,1-2H3. The Morgan fingerprint density at radius 2 is 1.94 bits per heavy atom. The number of rotatable bonds is 5. The smallest absolute Gasteiger partial charge is 0.367 e. The largest absolute Gasteiger partial charge is 0.411 e. The molecule has 0 radical (unpaired) electrons. The van der Waals surface area contributed by atoms with E-state index in [2.05, 4.69) is 11.7 Å². The maximum atomic E-state index is 11.9. The van der Waals surface area contributed by atoms with Gasteiger partial charge in [-0.25, -0.2) is 0 Å². The number of aryl methyl sites for hydroxylation is 2. The molecule has 0 N–H and O–H groups in total. The molecule has 0 aliphatic heterocycles. The van der Waals surface area contributed by atoms with E-state index in [-0.39, 0.29) is 6.61 Å². The van der Waals surface area contributed by atoms with E-state index < -0.39 is 12.8 Å². The number of ether oxygens (including phenoxy) is 1. The van der Waals surface area contributed by atoms with E-state index in [1.165, 1.54) is 5.56 Å². The molecule has 17 heavy (non-hydrogen) atoms. The van der Waals surface area contributed by atoms with Crippen molar-refractivity contribution in [1.82, 2.24) is 0 Å². The topological polar surface area (TPSA) is 9.23 Å². The first-order valence-electron chi connectivity index (χ1n) is 5.65. The summed E-state index contributed by atoms with van der Waals surface area (Å²) in [5.74, 6) is 0. The van der Waals surface area contributed by atoms with Gasteiger partial charge in [0.2, 0.25) is 0 Å². The van der Waals surface area contributed by atoms with E-state index in [0.717, 1.165) is 24.0 Å². The van der Waals surface area contributed by atoms with Crippen molar-refractivity contribution in [1.29, 1.82) is 0 Å². The lowest BCUT2D eigenvalue weighted by Crippen LogP contribution is -2.16. The van der Waals surface area contributed by atoms with Gasteiger partial charge in [0.25, 0.3) is 0 Å². The number of alkyl halides is 3. The quantitative estimate of drug-likeness (QED) is 0.762. The van der Waals surface area contributed by atoms with Gasteiger partial charge in [0.1, 0.15) is 6.61 Å². The minimum atomic E-state index is -4.25. The highest BCUT2D eigenvalue weighted by molar-refractivity contribution is 5.30. The van der Waals surface area contributed by atoms with Crippen LogP contribution in [0.25, 0.3) is 0 Å². The van der Waals surface area contributed by atoms with Crippen molar-refractivity contribution in [2.75, 3.05) is 6.61 Å². The first-order valence-corrected chi connectivity index (χ1v) is 5.65. The molecule has 0 saturated carbocycles. The Morgan fingerprint density at radius 3 is 2.47 bits per heavy atom. The van der Waals surface area contributed by atoms with Crippen LogP contribution < -0.4 is 0 Å². The Kier molecular flexibility index (Phi) is 5.00. The second kappa shape index (κ2) is 6.05. The van der Waals surface area contributed by atoms with E-state index >= 15 is 0 Å². The summed E-state index contributed by atoms with van der Waals surface area (Å²) in [5.41, 5.74) is 3.01. The minimum Gasteiger partial charge on any atom is -0.367 e. The molecule has 0 atom stereocenters. The Hall–Kier alpha value is -1.03. The summed E-state index contributed by atoms with van der Waals surface area (Å²) in [6.07, 6.45) is -2.20. The van der Waals surface area contributed by atoms with Gasteiger partial charge in [0, 0.05) is 0 Å². The highest BCUT2D eigenvalue weighted by Gasteiger charge is 2.27. The molecule has 0 aliphatic rings. The third-order valence-corrected chi connectivity index (χ3v) is 2.47. The Bertz CT molecular complexity index is 358. The number of hydrogen-bond donors (Lipinski definition) is 0. The SMILES string of the molecule is CCCc1ccc(COCC(F)(F)F)c(C)c1. The third kappa shape index (κ3) is 5.22. The summed E-state index contributed by atoms with van der Waals surface area (Å²) in [5, 5.41) is 0. The van der Waals surface area contributed by atoms with Crippen LogP contribution in [0, 0.1) is 6.92 Å². The molecule has 0 unspecified atom stereocenters. The average Bonchev–Trinajstić information content (AvgIpc) is 2.20. The summed E-state index contributed by atoms with van der Waals surface area (Å²) >= 11 is 0. The van der Waals surface area contributed by atoms with Gasteiger partial charge in [-0.3, -0.25) is 0 Å². The van der Waals surface area contributed by atoms with Gasteiger partial charge in [0.15, 0.2) is 0 Å². The summed E-state index contributed by atoms with van der Waals surface area (Å²) < 4.78 is 40.3. The van der Waals surface area contributed by atoms with Gasteiger partial charge < -0.3 is 4.74 Å². The molecule has 1 rings (SSSR count). The van der Waals surface area contributed by atoms with Crippen LogP contribution in [0.15, 0.2) is 18.2 Å². The van der Waals surface area contributed by atoms with Gasteiger partial charge in [0.05, 0.1) is 6.61 Å². The Balaban J connectivity index is 2.54. The van der Waals surface area contributed by atoms with Crippen molar-refractivity contribution in [3.05, 3.63) is 34.9 Å². The van der Waals surface area contributed by atoms with Crippen LogP contribution >= 0.6 is 0 Å². The van der Waals surface area contributed by atoms with E-state index in [0.29, 0.717) is 0 Å². The lowest BCUT2D eigenvalue weighted by Gasteiger charge is -2.10. The normalized spacial score (nSPS) is 11.8. The molecule has 0 amide bonds. The van der Waals surface area contributed by atoms with Crippen molar-refractivity contribution in [3.8, 4) is 0 Å². The lowest BCUT2D eigenvalue weighted by molar-refractivity contribution is -0.176. The van der Waals surface area contributed by atoms with Gasteiger partial charge in [-0.15, -0.1) is 0 Å². The van der Waals surface area contributed by atoms with Gasteiger partial charge in [-0.2, -0.15) is 13.2 Å². The summed E-state index contributed by atoms with van der Waals surface area (Å²) in [7, 11) is 0. The zero-order chi connectivity index (χ0) is 12.9. The van der Waals surface area contributed by atoms with Crippen molar-refractivity contribution in [3.63, 3.8) is 0 Å². The number of hydrogen-bond acceptors (Lipinski definition) is 1. The van der Waals surface area contributed by atoms with Crippen molar-refractivity contribution in [2.45, 2.75) is 39.5 Å². The van der Waals surface area contributed by atoms with E-state index in [4.69, 9.17) is 0 Å². The van der Waals surface area contributed by atoms with Crippen molar-refractivity contribution < 1.29 is 17.9 Å². The van der Waals surface area contributed by atoms with E-state index in [1.807, 2.05) is 25.1 Å². The maximum absolute atomic E-state index is 11.9. The van der Waals surface area contributed by atoms with E-state index in [9.17, 15) is 13.2 Å². The van der Waals surface area contributed by atoms with Crippen LogP contribution in [0.1, 0.15) is 30.0 Å². The predicted molar refractivity (Wildman–Crippen MR) is 60.9 cm³/mol. The highest BCUT2D eigenvalue weighted by Crippen LogP contribution is 2.17. The molecule has 1 nitrogen and oxygen atoms in total. The fraction of sp³-hybridized carbons (Fsp3) is 0.538. The summed E-state index contributed by atoms with van der Waals surface area (Å²) in [6, 6.07) is 5.80. The van der Waals surface area contributed by atoms with Crippen LogP contribution in [0.4, 0.5) is 13.2 Å². The Morgan fingerprint density at radius 1 is 1.24 bits per heavy atom. The molecule has 4 heteroatoms. The third-order valence-electron chi connectivity index (χ3n) is 2.47. The second-order valence-electron chi connectivity index (χ2n) is 4.12. The van der Waals surface area contributed by atoms with Gasteiger partial charge in [-0.1, -0.05) is 31.5 Å². The maximum Gasteiger partial charge on any atom is 0.411 e. The predicted octanol–water partition coefficient (Wildman–Crippen LogP) is 4.03. The van der Waals surface area contributed by atoms with Crippen molar-refractivity contribution >= 4 is 0 Å². The molecular weight excluding hydrogens is 229 g/mol. The molecule has 1 aromatic rings. The highest BCUT2D eigenvalue weighted by atomic mass is 19.4. The average molecular weight is 246 g/mol. The molecule has 0 heterocycles. The molecule has 0 aromatic heterocycles. The molecule has 0 aliphatic carbocycles. The molecule has 0 spiro atoms. The van der Waals surface area contributed by atoms with Crippen LogP contribution in [0.5, 0.6) is 0 Å². The molecule has 0 bridgehead atoms. The lowest BCUT2D eigenvalue weighted by atomic mass is 10.0. The first kappa shape index (κ1) is 14.0. The molecular formula is C13H17F3O. The molecule has 0 fully saturated rings. The number of benzene rings is 1. The minimum absolute atomic E-state index is 0.0117. The second-order valence-corrected chi connectivity index (χ2v) is 4.12. The van der Waals surface area contributed by atoms with Crippen LogP contribution in [-0.2, 0) is 17.8 Å². The Labute approximate surface area is 99.6 Å². The van der Waals surface area contributed by atoms with E-state index in [1.54, 1.807) is 0 Å². The molecule has 96 valence electrons. The first-order chi connectivity index (χ1) is 7.92. The van der Waals surface area contributed by atoms with Crippen LogP contribution in [-0.4, -0.2) is 12.8 Å². The number of halogens is 3. The molecule has 1 aromatic carbocycles. The van der Waals surface area contributed by atoms with Crippen molar-refractivity contribution in [2.24, 2.45) is 0 Å². The fourth-order valence-electron chi connectivity index (χ4n) is 1.64. The van der Waals surface area contributed by atoms with Gasteiger partial charge >= 0.3 is 6.18 Å². The monoisotopic (exact) mass is 246 g/mol. The molecule has 0 saturated heterocycles. The van der Waals surface area contributed by atoms with Crippen LogP contribution in [0.3, 0.4) is 0 Å². The zero-order valence-electron chi connectivity index (χ0n) is 10.1. The zero-order valence-corrected chi connectivity index (χ0v) is 10.1. The summed E-state index contributed by atoms with van der Waals surface area (Å²) in [6.45, 7) is 2.81.